The van der Waals surface area contributed by atoms with Crippen LogP contribution in [0, 0.1) is 0 Å². The van der Waals surface area contributed by atoms with E-state index in [0.717, 1.165) is 5.69 Å². The quantitative estimate of drug-likeness (QED) is 0.880. The number of anilines is 2. The van der Waals surface area contributed by atoms with Gasteiger partial charge in [0.2, 0.25) is 0 Å². The highest BCUT2D eigenvalue weighted by Gasteiger charge is 2.05. The van der Waals surface area contributed by atoms with Crippen molar-refractivity contribution in [2.24, 2.45) is 0 Å². The fraction of sp³-hybridized carbons (Fsp3) is 0.214. The highest BCUT2D eigenvalue weighted by Crippen LogP contribution is 2.19. The summed E-state index contributed by atoms with van der Waals surface area (Å²) >= 11 is 0. The van der Waals surface area contributed by atoms with Crippen molar-refractivity contribution in [3.63, 3.8) is 0 Å². The molecule has 2 N–H and O–H groups in total. The average molecular weight is 257 g/mol. The zero-order valence-corrected chi connectivity index (χ0v) is 10.8. The molecule has 0 fully saturated rings. The van der Waals surface area contributed by atoms with Gasteiger partial charge in [-0.3, -0.25) is 0 Å². The van der Waals surface area contributed by atoms with Crippen molar-refractivity contribution >= 4 is 17.5 Å². The number of carboxylic acid groups (broad SMARTS) is 1. The van der Waals surface area contributed by atoms with Crippen LogP contribution in [0.15, 0.2) is 36.4 Å². The van der Waals surface area contributed by atoms with E-state index in [1.54, 1.807) is 6.07 Å². The van der Waals surface area contributed by atoms with Gasteiger partial charge < -0.3 is 10.4 Å². The third kappa shape index (κ3) is 3.28. The lowest BCUT2D eigenvalue weighted by Crippen LogP contribution is -2.03. The van der Waals surface area contributed by atoms with Gasteiger partial charge in [0.25, 0.3) is 0 Å². The Hall–Kier alpha value is -2.43. The fourth-order valence-electron chi connectivity index (χ4n) is 1.61. The number of benzene rings is 1. The Balaban J connectivity index is 2.10. The van der Waals surface area contributed by atoms with Crippen molar-refractivity contribution in [1.29, 1.82) is 0 Å². The Morgan fingerprint density at radius 3 is 2.26 bits per heavy atom. The molecule has 1 heterocycles. The normalized spacial score (nSPS) is 10.5. The van der Waals surface area contributed by atoms with Crippen LogP contribution in [0.4, 0.5) is 11.5 Å². The first-order valence-corrected chi connectivity index (χ1v) is 6.00. The van der Waals surface area contributed by atoms with Gasteiger partial charge in [-0.15, -0.1) is 10.2 Å². The zero-order valence-electron chi connectivity index (χ0n) is 10.8. The summed E-state index contributed by atoms with van der Waals surface area (Å²) in [5.74, 6) is -0.0775. The molecule has 98 valence electrons. The molecule has 5 heteroatoms. The number of hydrogen-bond donors (Lipinski definition) is 2. The van der Waals surface area contributed by atoms with Crippen molar-refractivity contribution in [2.45, 2.75) is 19.8 Å². The SMILES string of the molecule is CC(C)c1ccc(Nc2ccc(C(=O)O)nn2)cc1. The summed E-state index contributed by atoms with van der Waals surface area (Å²) in [6.07, 6.45) is 0. The molecule has 0 radical (unpaired) electrons. The first-order chi connectivity index (χ1) is 9.06. The predicted octanol–water partition coefficient (Wildman–Crippen LogP) is 3.04. The molecule has 0 aliphatic carbocycles. The van der Waals surface area contributed by atoms with Crippen LogP contribution in [0.5, 0.6) is 0 Å². The minimum absolute atomic E-state index is 0.0688. The first kappa shape index (κ1) is 13.0. The molecule has 0 unspecified atom stereocenters. The molecule has 1 aromatic carbocycles. The molecule has 2 rings (SSSR count). The maximum atomic E-state index is 10.6. The van der Waals surface area contributed by atoms with Crippen LogP contribution in [-0.4, -0.2) is 21.3 Å². The zero-order chi connectivity index (χ0) is 13.8. The van der Waals surface area contributed by atoms with Crippen LogP contribution in [-0.2, 0) is 0 Å². The lowest BCUT2D eigenvalue weighted by atomic mass is 10.0. The Labute approximate surface area is 111 Å². The van der Waals surface area contributed by atoms with Gasteiger partial charge in [-0.25, -0.2) is 4.79 Å². The maximum Gasteiger partial charge on any atom is 0.356 e. The van der Waals surface area contributed by atoms with Gasteiger partial charge >= 0.3 is 5.97 Å². The number of nitrogens with one attached hydrogen (secondary N) is 1. The van der Waals surface area contributed by atoms with Gasteiger partial charge in [-0.05, 0) is 35.7 Å². The van der Waals surface area contributed by atoms with Gasteiger partial charge in [0.1, 0.15) is 0 Å². The molecule has 19 heavy (non-hydrogen) atoms. The highest BCUT2D eigenvalue weighted by atomic mass is 16.4. The van der Waals surface area contributed by atoms with Crippen molar-refractivity contribution in [3.8, 4) is 0 Å². The van der Waals surface area contributed by atoms with Crippen molar-refractivity contribution < 1.29 is 9.90 Å². The first-order valence-electron chi connectivity index (χ1n) is 6.00. The summed E-state index contributed by atoms with van der Waals surface area (Å²) in [5.41, 5.74) is 2.08. The second-order valence-electron chi connectivity index (χ2n) is 4.51. The molecule has 1 aromatic heterocycles. The molecule has 2 aromatic rings. The Morgan fingerprint density at radius 1 is 1.11 bits per heavy atom. The molecule has 0 saturated carbocycles. The van der Waals surface area contributed by atoms with E-state index < -0.39 is 5.97 Å². The molecule has 0 amide bonds. The second-order valence-corrected chi connectivity index (χ2v) is 4.51. The lowest BCUT2D eigenvalue weighted by molar-refractivity contribution is 0.0689. The highest BCUT2D eigenvalue weighted by molar-refractivity contribution is 5.85. The number of nitrogens with zero attached hydrogens (tertiary/aromatic N) is 2. The minimum Gasteiger partial charge on any atom is -0.476 e. The van der Waals surface area contributed by atoms with Gasteiger partial charge in [0.15, 0.2) is 11.5 Å². The summed E-state index contributed by atoms with van der Waals surface area (Å²) in [5, 5.41) is 19.2. The van der Waals surface area contributed by atoms with Crippen molar-refractivity contribution in [1.82, 2.24) is 10.2 Å². The van der Waals surface area contributed by atoms with E-state index in [0.29, 0.717) is 11.7 Å². The Bertz CT molecular complexity index is 562. The number of hydrogen-bond acceptors (Lipinski definition) is 4. The number of carboxylic acids is 1. The van der Waals surface area contributed by atoms with E-state index >= 15 is 0 Å². The standard InChI is InChI=1S/C14H15N3O2/c1-9(2)10-3-5-11(6-4-10)15-13-8-7-12(14(18)19)16-17-13/h3-9H,1-2H3,(H,15,17)(H,18,19). The molecule has 0 spiro atoms. The summed E-state index contributed by atoms with van der Waals surface area (Å²) in [6.45, 7) is 4.27. The average Bonchev–Trinajstić information content (AvgIpc) is 2.40. The van der Waals surface area contributed by atoms with Gasteiger partial charge in [-0.1, -0.05) is 26.0 Å². The number of aromatic nitrogens is 2. The van der Waals surface area contributed by atoms with E-state index in [-0.39, 0.29) is 5.69 Å². The van der Waals surface area contributed by atoms with Crippen molar-refractivity contribution in [2.75, 3.05) is 5.32 Å². The van der Waals surface area contributed by atoms with Crippen LogP contribution < -0.4 is 5.32 Å². The molecular weight excluding hydrogens is 242 g/mol. The largest absolute Gasteiger partial charge is 0.476 e. The molecular formula is C14H15N3O2. The van der Waals surface area contributed by atoms with Crippen molar-refractivity contribution in [3.05, 3.63) is 47.7 Å². The van der Waals surface area contributed by atoms with Crippen LogP contribution in [0.2, 0.25) is 0 Å². The number of rotatable bonds is 4. The minimum atomic E-state index is -1.08. The number of aromatic carboxylic acids is 1. The lowest BCUT2D eigenvalue weighted by Gasteiger charge is -2.08. The fourth-order valence-corrected chi connectivity index (χ4v) is 1.61. The van der Waals surface area contributed by atoms with Gasteiger partial charge in [-0.2, -0.15) is 0 Å². The van der Waals surface area contributed by atoms with E-state index in [1.165, 1.54) is 11.6 Å². The van der Waals surface area contributed by atoms with Crippen LogP contribution in [0.25, 0.3) is 0 Å². The van der Waals surface area contributed by atoms with Crippen LogP contribution in [0.1, 0.15) is 35.8 Å². The molecule has 0 saturated heterocycles. The summed E-state index contributed by atoms with van der Waals surface area (Å²) in [7, 11) is 0. The summed E-state index contributed by atoms with van der Waals surface area (Å²) in [6, 6.07) is 11.0. The topological polar surface area (TPSA) is 75.1 Å². The molecule has 5 nitrogen and oxygen atoms in total. The molecule has 0 aliphatic rings. The number of carbonyl (C=O) groups is 1. The predicted molar refractivity (Wildman–Crippen MR) is 72.8 cm³/mol. The summed E-state index contributed by atoms with van der Waals surface area (Å²) in [4.78, 5) is 10.6. The van der Waals surface area contributed by atoms with Gasteiger partial charge in [0, 0.05) is 5.69 Å². The van der Waals surface area contributed by atoms with Gasteiger partial charge in [0.05, 0.1) is 0 Å². The maximum absolute atomic E-state index is 10.6. The van der Waals surface area contributed by atoms with E-state index in [9.17, 15) is 4.79 Å². The Morgan fingerprint density at radius 2 is 1.79 bits per heavy atom. The third-order valence-electron chi connectivity index (χ3n) is 2.73. The molecule has 0 atom stereocenters. The van der Waals surface area contributed by atoms with Crippen LogP contribution >= 0.6 is 0 Å². The molecule has 0 aliphatic heterocycles. The Kier molecular flexibility index (Phi) is 3.75. The smallest absolute Gasteiger partial charge is 0.356 e. The third-order valence-corrected chi connectivity index (χ3v) is 2.73. The second kappa shape index (κ2) is 5.48. The van der Waals surface area contributed by atoms with E-state index in [2.05, 4.69) is 29.4 Å². The summed E-state index contributed by atoms with van der Waals surface area (Å²) < 4.78 is 0. The molecule has 0 bridgehead atoms. The van der Waals surface area contributed by atoms with E-state index in [1.807, 2.05) is 24.3 Å². The van der Waals surface area contributed by atoms with E-state index in [4.69, 9.17) is 5.11 Å². The monoisotopic (exact) mass is 257 g/mol. The van der Waals surface area contributed by atoms with Crippen LogP contribution in [0.3, 0.4) is 0 Å².